The molecule has 7 rings (SSSR count). The third kappa shape index (κ3) is 8.34. The Morgan fingerprint density at radius 2 is 1.28 bits per heavy atom. The number of allylic oxidation sites excluding steroid dienone is 2. The molecule has 4 nitrogen and oxygen atoms in total. The van der Waals surface area contributed by atoms with E-state index in [1.54, 1.807) is 6.07 Å². The van der Waals surface area contributed by atoms with Gasteiger partial charge in [0.2, 0.25) is 0 Å². The number of hydrogen-bond acceptors (Lipinski definition) is 3. The van der Waals surface area contributed by atoms with E-state index in [0.717, 1.165) is 50.2 Å². The zero-order chi connectivity index (χ0) is 40.2. The molecule has 0 bridgehead atoms. The predicted octanol–water partition coefficient (Wildman–Crippen LogP) is 13.9. The average Bonchev–Trinajstić information content (AvgIpc) is 3.56. The van der Waals surface area contributed by atoms with E-state index in [1.165, 1.54) is 27.8 Å². The summed E-state index contributed by atoms with van der Waals surface area (Å²) >= 11 is 0. The third-order valence-electron chi connectivity index (χ3n) is 10.9. The standard InChI is InChI=1S/C52H54N3O.Pt/c1-12-33(2)44-32-37(50(3,4)5)23-24-41(44)34-26-35(28-36(27-34)45-20-15-16-25-53-45)42-19-17-21-46-48(42)54-49(43-18-13-14-22-47(43)56)55(46)40-30-38(51(6,7)8)29-39(31-40)52(9,10)11;/h12-27,29-32,56H,1-11H3;/q-1;/b33-12+;. The summed E-state index contributed by atoms with van der Waals surface area (Å²) in [6.07, 6.45) is 4.02. The molecule has 2 heterocycles. The predicted molar refractivity (Wildman–Crippen MR) is 237 cm³/mol. The molecule has 0 atom stereocenters. The van der Waals surface area contributed by atoms with Gasteiger partial charge in [-0.05, 0) is 99.9 Å². The van der Waals surface area contributed by atoms with E-state index < -0.39 is 0 Å². The first kappa shape index (κ1) is 41.6. The number of hydrogen-bond donors (Lipinski definition) is 1. The summed E-state index contributed by atoms with van der Waals surface area (Å²) in [7, 11) is 0. The maximum atomic E-state index is 11.3. The summed E-state index contributed by atoms with van der Waals surface area (Å²) in [5.41, 5.74) is 15.4. The molecular formula is C52H54N3OPt-. The number of aromatic nitrogens is 3. The molecular weight excluding hydrogens is 878 g/mol. The van der Waals surface area contributed by atoms with Gasteiger partial charge in [0.15, 0.2) is 0 Å². The molecule has 0 fully saturated rings. The SMILES string of the molecule is C/C=C(\C)c1cc(C(C)(C)C)ccc1-c1cc(-c2ccccn2)[c-]c(-c2cccc3c2nc(-c2ccccc2O)n3-c2cc(C(C)(C)C)cc(C(C)(C)C)c2)c1.[Pt]. The summed E-state index contributed by atoms with van der Waals surface area (Å²) in [5, 5.41) is 11.3. The fourth-order valence-electron chi connectivity index (χ4n) is 7.30. The Labute approximate surface area is 354 Å². The molecule has 0 saturated heterocycles. The van der Waals surface area contributed by atoms with E-state index in [1.807, 2.05) is 42.6 Å². The molecule has 7 aromatic rings. The van der Waals surface area contributed by atoms with Crippen LogP contribution in [0.15, 0.2) is 121 Å². The van der Waals surface area contributed by atoms with Gasteiger partial charge < -0.3 is 5.11 Å². The largest absolute Gasteiger partial charge is 0.507 e. The van der Waals surface area contributed by atoms with Gasteiger partial charge in [0.05, 0.1) is 16.6 Å². The Morgan fingerprint density at radius 3 is 1.89 bits per heavy atom. The molecule has 0 aliphatic rings. The molecule has 2 aromatic heterocycles. The number of aromatic hydroxyl groups is 1. The number of imidazole rings is 1. The van der Waals surface area contributed by atoms with E-state index >= 15 is 0 Å². The minimum absolute atomic E-state index is 0. The second-order valence-corrected chi connectivity index (χ2v) is 18.1. The fraction of sp³-hybridized carbons (Fsp3) is 0.269. The van der Waals surface area contributed by atoms with Gasteiger partial charge in [-0.2, -0.15) is 0 Å². The molecule has 57 heavy (non-hydrogen) atoms. The first-order valence-electron chi connectivity index (χ1n) is 19.7. The van der Waals surface area contributed by atoms with Crippen LogP contribution in [0.3, 0.4) is 0 Å². The van der Waals surface area contributed by atoms with Gasteiger partial charge in [-0.3, -0.25) is 9.55 Å². The molecule has 5 heteroatoms. The van der Waals surface area contributed by atoms with E-state index in [0.29, 0.717) is 11.4 Å². The van der Waals surface area contributed by atoms with Crippen molar-refractivity contribution in [3.63, 3.8) is 0 Å². The van der Waals surface area contributed by atoms with Gasteiger partial charge in [-0.25, -0.2) is 4.98 Å². The van der Waals surface area contributed by atoms with Crippen LogP contribution in [0.4, 0.5) is 0 Å². The van der Waals surface area contributed by atoms with Crippen molar-refractivity contribution >= 4 is 16.6 Å². The van der Waals surface area contributed by atoms with Crippen molar-refractivity contribution in [1.29, 1.82) is 0 Å². The molecule has 0 amide bonds. The average molecular weight is 932 g/mol. The minimum Gasteiger partial charge on any atom is -0.507 e. The van der Waals surface area contributed by atoms with Gasteiger partial charge >= 0.3 is 0 Å². The number of pyridine rings is 1. The third-order valence-corrected chi connectivity index (χ3v) is 10.9. The van der Waals surface area contributed by atoms with E-state index in [-0.39, 0.29) is 43.1 Å². The normalized spacial score (nSPS) is 12.5. The van der Waals surface area contributed by atoms with Crippen LogP contribution in [0.5, 0.6) is 5.75 Å². The Hall–Kier alpha value is -5.05. The van der Waals surface area contributed by atoms with Gasteiger partial charge in [-0.15, -0.1) is 23.8 Å². The summed E-state index contributed by atoms with van der Waals surface area (Å²) < 4.78 is 2.22. The topological polar surface area (TPSA) is 50.9 Å². The number of para-hydroxylation sites is 2. The first-order chi connectivity index (χ1) is 26.4. The Kier molecular flexibility index (Phi) is 11.5. The Bertz CT molecular complexity index is 2580. The molecule has 0 spiro atoms. The number of rotatable bonds is 6. The van der Waals surface area contributed by atoms with Gasteiger partial charge in [0, 0.05) is 38.6 Å². The molecule has 0 unspecified atom stereocenters. The van der Waals surface area contributed by atoms with Gasteiger partial charge in [-0.1, -0.05) is 146 Å². The number of phenolic OH excluding ortho intramolecular Hbond substituents is 1. The van der Waals surface area contributed by atoms with E-state index in [4.69, 9.17) is 9.97 Å². The van der Waals surface area contributed by atoms with Crippen molar-refractivity contribution in [1.82, 2.24) is 14.5 Å². The second-order valence-electron chi connectivity index (χ2n) is 18.1. The van der Waals surface area contributed by atoms with Gasteiger partial charge in [0.25, 0.3) is 0 Å². The number of phenols is 1. The molecule has 5 aromatic carbocycles. The number of fused-ring (bicyclic) bond motifs is 1. The zero-order valence-electron chi connectivity index (χ0n) is 35.2. The summed E-state index contributed by atoms with van der Waals surface area (Å²) in [5.74, 6) is 0.867. The van der Waals surface area contributed by atoms with Crippen molar-refractivity contribution in [3.8, 4) is 56.3 Å². The van der Waals surface area contributed by atoms with Crippen LogP contribution in [-0.2, 0) is 37.3 Å². The van der Waals surface area contributed by atoms with Crippen LogP contribution in [-0.4, -0.2) is 19.6 Å². The van der Waals surface area contributed by atoms with Crippen LogP contribution in [0.1, 0.15) is 98.4 Å². The van der Waals surface area contributed by atoms with Crippen LogP contribution < -0.4 is 0 Å². The van der Waals surface area contributed by atoms with Crippen molar-refractivity contribution in [2.45, 2.75) is 92.4 Å². The van der Waals surface area contributed by atoms with Crippen molar-refractivity contribution < 1.29 is 26.2 Å². The first-order valence-corrected chi connectivity index (χ1v) is 19.7. The maximum Gasteiger partial charge on any atom is 0.148 e. The monoisotopic (exact) mass is 931 g/mol. The van der Waals surface area contributed by atoms with E-state index in [2.05, 4.69) is 160 Å². The second kappa shape index (κ2) is 15.7. The summed E-state index contributed by atoms with van der Waals surface area (Å²) in [6, 6.07) is 41.9. The number of benzene rings is 5. The smallest absolute Gasteiger partial charge is 0.148 e. The zero-order valence-corrected chi connectivity index (χ0v) is 37.4. The maximum absolute atomic E-state index is 11.3. The molecule has 0 aliphatic carbocycles. The molecule has 0 aliphatic heterocycles. The van der Waals surface area contributed by atoms with Crippen LogP contribution in [0.25, 0.3) is 67.2 Å². The fourth-order valence-corrected chi connectivity index (χ4v) is 7.30. The molecule has 0 saturated carbocycles. The summed E-state index contributed by atoms with van der Waals surface area (Å²) in [4.78, 5) is 10.2. The van der Waals surface area contributed by atoms with Crippen LogP contribution >= 0.6 is 0 Å². The van der Waals surface area contributed by atoms with Crippen LogP contribution in [0, 0.1) is 6.07 Å². The Balaban J connectivity index is 0.00000549. The van der Waals surface area contributed by atoms with Crippen molar-refractivity contribution in [2.24, 2.45) is 0 Å². The quantitative estimate of drug-likeness (QED) is 0.169. The van der Waals surface area contributed by atoms with Gasteiger partial charge in [0.1, 0.15) is 11.6 Å². The number of nitrogens with zero attached hydrogens (tertiary/aromatic N) is 3. The molecule has 294 valence electrons. The minimum atomic E-state index is -0.0842. The Morgan fingerprint density at radius 1 is 0.649 bits per heavy atom. The van der Waals surface area contributed by atoms with Crippen molar-refractivity contribution in [2.75, 3.05) is 0 Å². The van der Waals surface area contributed by atoms with E-state index in [9.17, 15) is 5.11 Å². The molecule has 1 N–H and O–H groups in total. The molecule has 0 radical (unpaired) electrons. The van der Waals surface area contributed by atoms with Crippen molar-refractivity contribution in [3.05, 3.63) is 150 Å². The summed E-state index contributed by atoms with van der Waals surface area (Å²) in [6.45, 7) is 24.6. The van der Waals surface area contributed by atoms with Crippen LogP contribution in [0.2, 0.25) is 0 Å².